The van der Waals surface area contributed by atoms with E-state index in [2.05, 4.69) is 54.5 Å². The Balaban J connectivity index is 1.01. The minimum Gasteiger partial charge on any atom is -0.479 e. The number of ether oxygens (including phenoxy) is 6. The van der Waals surface area contributed by atoms with Crippen molar-refractivity contribution in [3.05, 3.63) is 11.6 Å². The normalized spacial score (nSPS) is 52.5. The molecule has 0 amide bonds. The van der Waals surface area contributed by atoms with Gasteiger partial charge in [-0.15, -0.1) is 0 Å². The van der Waals surface area contributed by atoms with Crippen molar-refractivity contribution < 1.29 is 89.1 Å². The molecule has 65 heavy (non-hydrogen) atoms. The van der Waals surface area contributed by atoms with Crippen molar-refractivity contribution >= 4 is 11.9 Å². The number of fused-ring (bicyclic) bond motifs is 7. The highest BCUT2D eigenvalue weighted by Crippen LogP contribution is 2.76. The third-order valence-corrected chi connectivity index (χ3v) is 18.9. The Morgan fingerprint density at radius 1 is 0.662 bits per heavy atom. The first kappa shape index (κ1) is 49.5. The molecular weight excluding hydrogens is 852 g/mol. The molecule has 3 heterocycles. The van der Waals surface area contributed by atoms with E-state index in [-0.39, 0.29) is 39.4 Å². The zero-order valence-corrected chi connectivity index (χ0v) is 38.7. The number of hydrogen-bond donors (Lipinski definition) is 10. The number of rotatable bonds is 9. The van der Waals surface area contributed by atoms with Crippen LogP contribution in [0.1, 0.15) is 113 Å². The van der Waals surface area contributed by atoms with E-state index in [0.717, 1.165) is 44.9 Å². The zero-order valence-electron chi connectivity index (χ0n) is 38.7. The summed E-state index contributed by atoms with van der Waals surface area (Å²) in [7, 11) is 0. The van der Waals surface area contributed by atoms with Crippen LogP contribution < -0.4 is 0 Å². The monoisotopic (exact) mass is 926 g/mol. The third-order valence-electron chi connectivity index (χ3n) is 18.9. The van der Waals surface area contributed by atoms with Crippen molar-refractivity contribution in [2.75, 3.05) is 13.2 Å². The molecule has 0 radical (unpaired) electrons. The van der Waals surface area contributed by atoms with Crippen LogP contribution in [-0.2, 0) is 38.0 Å². The van der Waals surface area contributed by atoms with Gasteiger partial charge in [0.25, 0.3) is 0 Å². The van der Waals surface area contributed by atoms with Gasteiger partial charge >= 0.3 is 11.9 Å². The van der Waals surface area contributed by atoms with Crippen LogP contribution >= 0.6 is 0 Å². The third kappa shape index (κ3) is 7.67. The van der Waals surface area contributed by atoms with E-state index in [1.807, 2.05) is 0 Å². The predicted octanol–water partition coefficient (Wildman–Crippen LogP) is 0.872. The minimum atomic E-state index is -1.84. The Hall–Kier alpha value is -1.88. The first-order chi connectivity index (χ1) is 30.3. The molecule has 8 aliphatic rings. The Bertz CT molecular complexity index is 1820. The maximum Gasteiger partial charge on any atom is 0.335 e. The maximum atomic E-state index is 14.6. The highest BCUT2D eigenvalue weighted by atomic mass is 16.8. The highest BCUT2D eigenvalue weighted by Gasteiger charge is 2.70. The molecule has 370 valence electrons. The van der Waals surface area contributed by atoms with Gasteiger partial charge in [-0.1, -0.05) is 60.1 Å². The van der Waals surface area contributed by atoms with Crippen molar-refractivity contribution in [2.24, 2.45) is 50.2 Å². The average molecular weight is 927 g/mol. The lowest BCUT2D eigenvalue weighted by Gasteiger charge is -2.71. The number of carbonyl (C=O) groups excluding carboxylic acids is 1. The molecule has 0 aromatic carbocycles. The first-order valence-corrected chi connectivity index (χ1v) is 23.7. The van der Waals surface area contributed by atoms with Gasteiger partial charge in [-0.2, -0.15) is 0 Å². The van der Waals surface area contributed by atoms with Gasteiger partial charge in [0.05, 0.1) is 24.7 Å². The molecule has 5 aliphatic carbocycles. The molecule has 22 atom stereocenters. The van der Waals surface area contributed by atoms with Gasteiger partial charge in [-0.25, -0.2) is 4.79 Å². The fourth-order valence-electron chi connectivity index (χ4n) is 14.8. The molecule has 0 aromatic heterocycles. The summed E-state index contributed by atoms with van der Waals surface area (Å²) < 4.78 is 35.0. The number of hydrogen-bond acceptors (Lipinski definition) is 17. The van der Waals surface area contributed by atoms with Gasteiger partial charge < -0.3 is 79.5 Å². The van der Waals surface area contributed by atoms with Crippen molar-refractivity contribution in [2.45, 2.75) is 205 Å². The van der Waals surface area contributed by atoms with Crippen molar-refractivity contribution in [1.29, 1.82) is 0 Å². The average Bonchev–Trinajstić information content (AvgIpc) is 3.52. The van der Waals surface area contributed by atoms with Crippen LogP contribution in [0.4, 0.5) is 0 Å². The van der Waals surface area contributed by atoms with Crippen molar-refractivity contribution in [1.82, 2.24) is 0 Å². The lowest BCUT2D eigenvalue weighted by Crippen LogP contribution is -2.66. The van der Waals surface area contributed by atoms with E-state index in [1.54, 1.807) is 0 Å². The number of carboxylic acid groups (broad SMARTS) is 1. The summed E-state index contributed by atoms with van der Waals surface area (Å²) in [5, 5.41) is 104. The SMILES string of the molecule is CC1(C)CC[C@@]2(C(=O)O[C@H]3O[C@@H](CO)[C@H](O)[C@@H](O)[C@@H]3O)CC[C@@]3(C)C(=CC[C@H]4[C@]5(C)CC[C@@H](O[C@H]6O[C@@H](C(=O)O)[C@H](O[C@H]7O[C@H](CO)[C@@H](O)[C@@H]7O)[C@@H](O)[C@@H]6O)C(C)(C)[C@H]5CC[C@@]43C)[C@H]2C1. The van der Waals surface area contributed by atoms with Gasteiger partial charge in [-0.3, -0.25) is 4.79 Å². The van der Waals surface area contributed by atoms with E-state index in [4.69, 9.17) is 28.4 Å². The molecule has 7 fully saturated rings. The van der Waals surface area contributed by atoms with Crippen LogP contribution in [0, 0.1) is 50.2 Å². The molecule has 0 aromatic rings. The van der Waals surface area contributed by atoms with Gasteiger partial charge in [0.1, 0.15) is 61.0 Å². The Morgan fingerprint density at radius 2 is 1.25 bits per heavy atom. The maximum absolute atomic E-state index is 14.6. The lowest BCUT2D eigenvalue weighted by atomic mass is 9.33. The molecule has 10 N–H and O–H groups in total. The second-order valence-electron chi connectivity index (χ2n) is 23.0. The van der Waals surface area contributed by atoms with E-state index in [9.17, 15) is 60.7 Å². The molecule has 4 saturated carbocycles. The Kier molecular flexibility index (Phi) is 13.1. The van der Waals surface area contributed by atoms with Crippen LogP contribution in [0.15, 0.2) is 11.6 Å². The fourth-order valence-corrected chi connectivity index (χ4v) is 14.8. The molecule has 3 aliphatic heterocycles. The zero-order chi connectivity index (χ0) is 47.6. The predicted molar refractivity (Wildman–Crippen MR) is 225 cm³/mol. The Morgan fingerprint density at radius 3 is 1.89 bits per heavy atom. The second kappa shape index (κ2) is 17.2. The number of aliphatic hydroxyl groups excluding tert-OH is 9. The fraction of sp³-hybridized carbons (Fsp3) is 0.915. The van der Waals surface area contributed by atoms with Crippen molar-refractivity contribution in [3.8, 4) is 0 Å². The largest absolute Gasteiger partial charge is 0.479 e. The van der Waals surface area contributed by atoms with Gasteiger partial charge in [0.2, 0.25) is 6.29 Å². The minimum absolute atomic E-state index is 0.0645. The summed E-state index contributed by atoms with van der Waals surface area (Å²) in [6.07, 6.45) is -13.2. The highest BCUT2D eigenvalue weighted by molar-refractivity contribution is 5.79. The van der Waals surface area contributed by atoms with Gasteiger partial charge in [0, 0.05) is 0 Å². The molecule has 18 nitrogen and oxygen atoms in total. The van der Waals surface area contributed by atoms with E-state index in [1.165, 1.54) is 5.57 Å². The van der Waals surface area contributed by atoms with Crippen LogP contribution in [0.2, 0.25) is 0 Å². The number of esters is 1. The Labute approximate surface area is 380 Å². The standard InChI is InChI=1S/C47H74O18/c1-42(2)14-16-47(41(59)65-39-33(55)30(52)28(50)23(19-48)61-39)17-15-45(6)21(22(47)18-42)8-9-26-44(5)12-11-27(43(3,4)25(44)10-13-46(26,45)7)62-40-34(56)31(53)35(36(64-40)37(57)58)63-38-32(54)29(51)24(20-49)60-38/h8,22-36,38-40,48-56H,9-20H2,1-7H3,(H,57,58)/t22-,23+,24-,25-,26+,27-,28+,29-,30-,31+,32+,33+,34+,35-,36-,38-,39-,40+,44-,45+,46+,47-/m1/s1. The lowest BCUT2D eigenvalue weighted by molar-refractivity contribution is -0.342. The topological polar surface area (TPSA) is 292 Å². The van der Waals surface area contributed by atoms with E-state index in [0.29, 0.717) is 19.3 Å². The van der Waals surface area contributed by atoms with Crippen LogP contribution in [0.5, 0.6) is 0 Å². The summed E-state index contributed by atoms with van der Waals surface area (Å²) in [5.74, 6) is -1.77. The molecule has 8 rings (SSSR count). The van der Waals surface area contributed by atoms with Crippen molar-refractivity contribution in [3.63, 3.8) is 0 Å². The molecule has 3 saturated heterocycles. The smallest absolute Gasteiger partial charge is 0.335 e. The van der Waals surface area contributed by atoms with E-state index >= 15 is 0 Å². The molecular formula is C47H74O18. The number of aliphatic carboxylic acids is 1. The molecule has 18 heteroatoms. The van der Waals surface area contributed by atoms with Crippen LogP contribution in [0.3, 0.4) is 0 Å². The number of carboxylic acids is 1. The van der Waals surface area contributed by atoms with E-state index < -0.39 is 128 Å². The van der Waals surface area contributed by atoms with Crippen LogP contribution in [0.25, 0.3) is 0 Å². The van der Waals surface area contributed by atoms with Gasteiger partial charge in [0.15, 0.2) is 18.7 Å². The molecule has 0 unspecified atom stereocenters. The first-order valence-electron chi connectivity index (χ1n) is 23.7. The number of allylic oxidation sites excluding steroid dienone is 2. The van der Waals surface area contributed by atoms with Crippen LogP contribution in [-0.4, -0.2) is 168 Å². The summed E-state index contributed by atoms with van der Waals surface area (Å²) >= 11 is 0. The quantitative estimate of drug-likeness (QED) is 0.0872. The number of carbonyl (C=O) groups is 2. The summed E-state index contributed by atoms with van der Waals surface area (Å²) in [4.78, 5) is 27.2. The molecule has 0 bridgehead atoms. The second-order valence-corrected chi connectivity index (χ2v) is 23.0. The number of aliphatic hydroxyl groups is 9. The molecule has 0 spiro atoms. The summed E-state index contributed by atoms with van der Waals surface area (Å²) in [5.41, 5.74) is -0.800. The van der Waals surface area contributed by atoms with Gasteiger partial charge in [-0.05, 0) is 109 Å². The summed E-state index contributed by atoms with van der Waals surface area (Å²) in [6, 6.07) is 0. The summed E-state index contributed by atoms with van der Waals surface area (Å²) in [6.45, 7) is 14.6.